The monoisotopic (exact) mass is 366 g/mol. The topological polar surface area (TPSA) is 61.4 Å². The number of aryl methyl sites for hydroxylation is 1. The second-order valence-electron chi connectivity index (χ2n) is 6.37. The van der Waals surface area contributed by atoms with E-state index in [0.29, 0.717) is 12.8 Å². The molecule has 2 aromatic carbocycles. The zero-order valence-electron chi connectivity index (χ0n) is 14.3. The van der Waals surface area contributed by atoms with Crippen molar-refractivity contribution in [3.63, 3.8) is 0 Å². The number of rotatable bonds is 6. The van der Waals surface area contributed by atoms with Crippen LogP contribution in [0.5, 0.6) is 0 Å². The molecule has 1 unspecified atom stereocenters. The van der Waals surface area contributed by atoms with Crippen LogP contribution in [0.1, 0.15) is 24.5 Å². The van der Waals surface area contributed by atoms with Gasteiger partial charge in [0.15, 0.2) is 0 Å². The SMILES string of the molecule is CC(O)(CCc1ccccc1)CNC(=O)Nc1ccc(C(F)(F)F)cc1. The van der Waals surface area contributed by atoms with Gasteiger partial charge in [0, 0.05) is 12.2 Å². The van der Waals surface area contributed by atoms with Crippen LogP contribution in [0.15, 0.2) is 54.6 Å². The quantitative estimate of drug-likeness (QED) is 0.717. The molecule has 26 heavy (non-hydrogen) atoms. The molecule has 0 saturated carbocycles. The first-order valence-corrected chi connectivity index (χ1v) is 8.14. The first-order chi connectivity index (χ1) is 12.2. The molecule has 0 radical (unpaired) electrons. The smallest absolute Gasteiger partial charge is 0.388 e. The number of carbonyl (C=O) groups excluding carboxylic acids is 1. The Morgan fingerprint density at radius 2 is 1.65 bits per heavy atom. The van der Waals surface area contributed by atoms with Crippen LogP contribution in [0.2, 0.25) is 0 Å². The van der Waals surface area contributed by atoms with E-state index >= 15 is 0 Å². The number of carbonyl (C=O) groups is 1. The lowest BCUT2D eigenvalue weighted by Gasteiger charge is -2.23. The van der Waals surface area contributed by atoms with Crippen molar-refractivity contribution in [2.45, 2.75) is 31.5 Å². The van der Waals surface area contributed by atoms with Crippen LogP contribution in [0, 0.1) is 0 Å². The highest BCUT2D eigenvalue weighted by Gasteiger charge is 2.30. The number of alkyl halides is 3. The van der Waals surface area contributed by atoms with Gasteiger partial charge in [-0.1, -0.05) is 30.3 Å². The maximum Gasteiger partial charge on any atom is 0.416 e. The fourth-order valence-corrected chi connectivity index (χ4v) is 2.34. The fourth-order valence-electron chi connectivity index (χ4n) is 2.34. The van der Waals surface area contributed by atoms with Gasteiger partial charge in [0.25, 0.3) is 0 Å². The molecule has 0 spiro atoms. The third kappa shape index (κ3) is 6.40. The predicted octanol–water partition coefficient (Wildman–Crippen LogP) is 4.21. The highest BCUT2D eigenvalue weighted by atomic mass is 19.4. The van der Waals surface area contributed by atoms with Crippen LogP contribution < -0.4 is 10.6 Å². The van der Waals surface area contributed by atoms with Crippen molar-refractivity contribution in [3.8, 4) is 0 Å². The van der Waals surface area contributed by atoms with E-state index in [0.717, 1.165) is 17.7 Å². The van der Waals surface area contributed by atoms with E-state index in [1.807, 2.05) is 30.3 Å². The van der Waals surface area contributed by atoms with Crippen molar-refractivity contribution in [1.82, 2.24) is 5.32 Å². The molecule has 140 valence electrons. The Morgan fingerprint density at radius 1 is 1.04 bits per heavy atom. The number of anilines is 1. The molecule has 0 aromatic heterocycles. The lowest BCUT2D eigenvalue weighted by molar-refractivity contribution is -0.137. The van der Waals surface area contributed by atoms with Crippen molar-refractivity contribution in [1.29, 1.82) is 0 Å². The minimum atomic E-state index is -4.42. The molecule has 0 fully saturated rings. The van der Waals surface area contributed by atoms with E-state index in [9.17, 15) is 23.1 Å². The lowest BCUT2D eigenvalue weighted by Crippen LogP contribution is -2.42. The third-order valence-electron chi connectivity index (χ3n) is 3.89. The van der Waals surface area contributed by atoms with Gasteiger partial charge >= 0.3 is 12.2 Å². The molecule has 2 amide bonds. The molecule has 0 heterocycles. The van der Waals surface area contributed by atoms with Crippen LogP contribution in [0.4, 0.5) is 23.7 Å². The summed E-state index contributed by atoms with van der Waals surface area (Å²) in [4.78, 5) is 11.9. The maximum atomic E-state index is 12.5. The Labute approximate surface area is 150 Å². The van der Waals surface area contributed by atoms with Crippen molar-refractivity contribution in [2.24, 2.45) is 0 Å². The summed E-state index contributed by atoms with van der Waals surface area (Å²) in [5, 5.41) is 15.3. The number of halogens is 3. The van der Waals surface area contributed by atoms with Crippen molar-refractivity contribution in [2.75, 3.05) is 11.9 Å². The molecule has 0 aliphatic heterocycles. The molecule has 7 heteroatoms. The van der Waals surface area contributed by atoms with Gasteiger partial charge in [-0.15, -0.1) is 0 Å². The van der Waals surface area contributed by atoms with E-state index in [2.05, 4.69) is 10.6 Å². The molecule has 0 aliphatic rings. The van der Waals surface area contributed by atoms with Gasteiger partial charge in [-0.3, -0.25) is 0 Å². The first-order valence-electron chi connectivity index (χ1n) is 8.14. The van der Waals surface area contributed by atoms with Gasteiger partial charge in [-0.25, -0.2) is 4.79 Å². The predicted molar refractivity (Wildman–Crippen MR) is 93.9 cm³/mol. The Bertz CT molecular complexity index is 714. The fraction of sp³-hybridized carbons (Fsp3) is 0.316. The summed E-state index contributed by atoms with van der Waals surface area (Å²) in [6.45, 7) is 1.64. The molecule has 3 N–H and O–H groups in total. The summed E-state index contributed by atoms with van der Waals surface area (Å²) in [6, 6.07) is 13.2. The highest BCUT2D eigenvalue weighted by Crippen LogP contribution is 2.29. The summed E-state index contributed by atoms with van der Waals surface area (Å²) >= 11 is 0. The zero-order valence-corrected chi connectivity index (χ0v) is 14.3. The average Bonchev–Trinajstić information content (AvgIpc) is 2.59. The minimum Gasteiger partial charge on any atom is -0.388 e. The summed E-state index contributed by atoms with van der Waals surface area (Å²) in [7, 11) is 0. The summed E-state index contributed by atoms with van der Waals surface area (Å²) < 4.78 is 37.5. The van der Waals surface area contributed by atoms with Crippen LogP contribution in [0.25, 0.3) is 0 Å². The summed E-state index contributed by atoms with van der Waals surface area (Å²) in [5.41, 5.74) is -0.568. The molecular formula is C19H21F3N2O2. The largest absolute Gasteiger partial charge is 0.416 e. The number of aliphatic hydroxyl groups is 1. The second-order valence-corrected chi connectivity index (χ2v) is 6.37. The minimum absolute atomic E-state index is 0.0201. The van der Waals surface area contributed by atoms with Crippen LogP contribution in [-0.2, 0) is 12.6 Å². The second kappa shape index (κ2) is 8.23. The molecular weight excluding hydrogens is 345 g/mol. The Morgan fingerprint density at radius 3 is 2.23 bits per heavy atom. The molecule has 1 atom stereocenters. The normalized spacial score (nSPS) is 13.7. The lowest BCUT2D eigenvalue weighted by atomic mass is 9.97. The Hall–Kier alpha value is -2.54. The molecule has 0 saturated heterocycles. The first kappa shape index (κ1) is 19.8. The van der Waals surface area contributed by atoms with E-state index < -0.39 is 23.4 Å². The van der Waals surface area contributed by atoms with Gasteiger partial charge in [-0.05, 0) is 49.6 Å². The Kier molecular flexibility index (Phi) is 6.26. The summed E-state index contributed by atoms with van der Waals surface area (Å²) in [5.74, 6) is 0. The molecule has 0 aliphatic carbocycles. The standard InChI is InChI=1S/C19H21F3N2O2/c1-18(26,12-11-14-5-3-2-4-6-14)13-23-17(25)24-16-9-7-15(8-10-16)19(20,21)22/h2-10,26H,11-13H2,1H3,(H2,23,24,25). The van der Waals surface area contributed by atoms with Gasteiger partial charge in [0.05, 0.1) is 11.2 Å². The van der Waals surface area contributed by atoms with Gasteiger partial charge < -0.3 is 15.7 Å². The van der Waals surface area contributed by atoms with Crippen molar-refractivity contribution < 1.29 is 23.1 Å². The maximum absolute atomic E-state index is 12.5. The number of urea groups is 1. The number of amides is 2. The number of hydrogen-bond acceptors (Lipinski definition) is 2. The molecule has 2 rings (SSSR count). The van der Waals surface area contributed by atoms with E-state index in [4.69, 9.17) is 0 Å². The van der Waals surface area contributed by atoms with Gasteiger partial charge in [0.1, 0.15) is 0 Å². The summed E-state index contributed by atoms with van der Waals surface area (Å²) in [6.07, 6.45) is -3.30. The van der Waals surface area contributed by atoms with Gasteiger partial charge in [-0.2, -0.15) is 13.2 Å². The Balaban J connectivity index is 1.80. The zero-order chi connectivity index (χ0) is 19.2. The van der Waals surface area contributed by atoms with Crippen LogP contribution >= 0.6 is 0 Å². The molecule has 2 aromatic rings. The molecule has 0 bridgehead atoms. The number of hydrogen-bond donors (Lipinski definition) is 3. The van der Waals surface area contributed by atoms with Crippen molar-refractivity contribution >= 4 is 11.7 Å². The van der Waals surface area contributed by atoms with E-state index in [1.54, 1.807) is 6.92 Å². The van der Waals surface area contributed by atoms with E-state index in [1.165, 1.54) is 12.1 Å². The number of benzene rings is 2. The van der Waals surface area contributed by atoms with Crippen LogP contribution in [-0.4, -0.2) is 23.3 Å². The van der Waals surface area contributed by atoms with Crippen LogP contribution in [0.3, 0.4) is 0 Å². The highest BCUT2D eigenvalue weighted by molar-refractivity contribution is 5.89. The van der Waals surface area contributed by atoms with E-state index in [-0.39, 0.29) is 12.2 Å². The van der Waals surface area contributed by atoms with Gasteiger partial charge in [0.2, 0.25) is 0 Å². The average molecular weight is 366 g/mol. The molecule has 4 nitrogen and oxygen atoms in total. The third-order valence-corrected chi connectivity index (χ3v) is 3.89. The van der Waals surface area contributed by atoms with Crippen molar-refractivity contribution in [3.05, 3.63) is 65.7 Å². The number of nitrogens with one attached hydrogen (secondary N) is 2.